The topological polar surface area (TPSA) is 30.9 Å². The summed E-state index contributed by atoms with van der Waals surface area (Å²) in [4.78, 5) is 2.39. The second-order valence-corrected chi connectivity index (χ2v) is 5.41. The summed E-state index contributed by atoms with van der Waals surface area (Å²) in [6, 6.07) is 0. The number of hydrogen-bond donors (Lipinski definition) is 0. The van der Waals surface area contributed by atoms with E-state index in [4.69, 9.17) is 14.2 Å². The highest BCUT2D eigenvalue weighted by Crippen LogP contribution is 2.36. The number of nitrogens with zero attached hydrogens (tertiary/aromatic N) is 1. The van der Waals surface area contributed by atoms with E-state index in [1.807, 2.05) is 6.08 Å². The summed E-state index contributed by atoms with van der Waals surface area (Å²) in [5, 5.41) is 0. The van der Waals surface area contributed by atoms with Crippen molar-refractivity contribution >= 4 is 0 Å². The van der Waals surface area contributed by atoms with E-state index in [9.17, 15) is 0 Å². The van der Waals surface area contributed by atoms with Crippen molar-refractivity contribution in [3.8, 4) is 0 Å². The molecule has 0 aromatic rings. The van der Waals surface area contributed by atoms with Crippen molar-refractivity contribution in [1.82, 2.24) is 4.90 Å². The van der Waals surface area contributed by atoms with Gasteiger partial charge >= 0.3 is 0 Å². The zero-order chi connectivity index (χ0) is 13.8. The highest BCUT2D eigenvalue weighted by atomic mass is 16.5. The molecule has 2 aliphatic rings. The lowest BCUT2D eigenvalue weighted by molar-refractivity contribution is 0.0230. The Labute approximate surface area is 116 Å². The molecule has 4 nitrogen and oxygen atoms in total. The van der Waals surface area contributed by atoms with Crippen LogP contribution in [0, 0.1) is 11.8 Å². The second-order valence-electron chi connectivity index (χ2n) is 5.41. The van der Waals surface area contributed by atoms with Crippen molar-refractivity contribution in [3.63, 3.8) is 0 Å². The summed E-state index contributed by atoms with van der Waals surface area (Å²) in [6.07, 6.45) is 6.56. The quantitative estimate of drug-likeness (QED) is 0.780. The first-order valence-electron chi connectivity index (χ1n) is 6.92. The molecule has 2 rings (SSSR count). The van der Waals surface area contributed by atoms with Crippen LogP contribution >= 0.6 is 0 Å². The van der Waals surface area contributed by atoms with Crippen molar-refractivity contribution in [1.29, 1.82) is 0 Å². The maximum absolute atomic E-state index is 5.66. The van der Waals surface area contributed by atoms with E-state index >= 15 is 0 Å². The number of piperidine rings is 1. The smallest absolute Gasteiger partial charge is 0.120 e. The lowest BCUT2D eigenvalue weighted by Gasteiger charge is -2.39. The van der Waals surface area contributed by atoms with Gasteiger partial charge in [0.1, 0.15) is 11.5 Å². The van der Waals surface area contributed by atoms with Gasteiger partial charge in [-0.2, -0.15) is 0 Å². The summed E-state index contributed by atoms with van der Waals surface area (Å²) in [5.74, 6) is 2.66. The van der Waals surface area contributed by atoms with E-state index < -0.39 is 0 Å². The van der Waals surface area contributed by atoms with Crippen LogP contribution in [0.3, 0.4) is 0 Å². The molecule has 1 fully saturated rings. The highest BCUT2D eigenvalue weighted by molar-refractivity contribution is 5.27. The maximum atomic E-state index is 5.66. The minimum atomic E-state index is 0.0337. The van der Waals surface area contributed by atoms with Crippen molar-refractivity contribution in [2.75, 3.05) is 41.5 Å². The molecule has 0 radical (unpaired) electrons. The fourth-order valence-electron chi connectivity index (χ4n) is 3.25. The van der Waals surface area contributed by atoms with E-state index in [0.717, 1.165) is 18.1 Å². The highest BCUT2D eigenvalue weighted by Gasteiger charge is 2.37. The zero-order valence-corrected chi connectivity index (χ0v) is 12.4. The molecule has 0 amide bonds. The van der Waals surface area contributed by atoms with E-state index in [1.54, 1.807) is 21.3 Å². The van der Waals surface area contributed by atoms with Crippen molar-refractivity contribution < 1.29 is 14.2 Å². The molecule has 0 spiro atoms. The van der Waals surface area contributed by atoms with Gasteiger partial charge in [0.25, 0.3) is 0 Å². The van der Waals surface area contributed by atoms with Gasteiger partial charge in [0, 0.05) is 19.7 Å². The Bertz CT molecular complexity index is 364. The van der Waals surface area contributed by atoms with Crippen molar-refractivity contribution in [3.05, 3.63) is 23.7 Å². The van der Waals surface area contributed by atoms with Gasteiger partial charge in [-0.15, -0.1) is 0 Å². The monoisotopic (exact) mass is 267 g/mol. The average Bonchev–Trinajstić information content (AvgIpc) is 2.45. The van der Waals surface area contributed by atoms with Crippen LogP contribution in [0.5, 0.6) is 0 Å². The zero-order valence-electron chi connectivity index (χ0n) is 12.4. The first kappa shape index (κ1) is 14.4. The van der Waals surface area contributed by atoms with Crippen LogP contribution in [0.2, 0.25) is 0 Å². The molecule has 0 saturated carbocycles. The number of hydrogen-bond acceptors (Lipinski definition) is 4. The third-order valence-electron chi connectivity index (χ3n) is 4.21. The second kappa shape index (κ2) is 6.44. The van der Waals surface area contributed by atoms with Crippen LogP contribution in [0.25, 0.3) is 0 Å². The van der Waals surface area contributed by atoms with Crippen molar-refractivity contribution in [2.24, 2.45) is 11.8 Å². The van der Waals surface area contributed by atoms with Crippen LogP contribution in [0.1, 0.15) is 12.8 Å². The number of rotatable bonds is 4. The Kier molecular flexibility index (Phi) is 4.88. The Balaban J connectivity index is 2.21. The third kappa shape index (κ3) is 3.12. The third-order valence-corrected chi connectivity index (χ3v) is 4.21. The SMILES string of the molecule is COC1=CC(OC)[C@@H](C2CCCN(C)C2)C(OC)=C1. The Morgan fingerprint density at radius 1 is 1.21 bits per heavy atom. The molecule has 0 aromatic carbocycles. The number of likely N-dealkylation sites (tertiary alicyclic amines) is 1. The molecule has 2 unspecified atom stereocenters. The Morgan fingerprint density at radius 3 is 2.58 bits per heavy atom. The summed E-state index contributed by atoms with van der Waals surface area (Å²) >= 11 is 0. The lowest BCUT2D eigenvalue weighted by Crippen LogP contribution is -2.42. The summed E-state index contributed by atoms with van der Waals surface area (Å²) in [7, 11) is 7.35. The number of ether oxygens (including phenoxy) is 3. The first-order valence-corrected chi connectivity index (χ1v) is 6.92. The predicted molar refractivity (Wildman–Crippen MR) is 74.7 cm³/mol. The van der Waals surface area contributed by atoms with Gasteiger partial charge in [-0.1, -0.05) is 0 Å². The fraction of sp³-hybridized carbons (Fsp3) is 0.733. The molecule has 1 aliphatic carbocycles. The van der Waals surface area contributed by atoms with Gasteiger partial charge in [-0.25, -0.2) is 0 Å². The summed E-state index contributed by atoms with van der Waals surface area (Å²) < 4.78 is 16.6. The molecule has 0 aromatic heterocycles. The molecule has 3 atom stereocenters. The molecule has 0 N–H and O–H groups in total. The van der Waals surface area contributed by atoms with Gasteiger partial charge in [-0.05, 0) is 38.4 Å². The van der Waals surface area contributed by atoms with E-state index in [-0.39, 0.29) is 12.0 Å². The molecule has 1 aliphatic heterocycles. The van der Waals surface area contributed by atoms with Gasteiger partial charge in [0.05, 0.1) is 26.2 Å². The van der Waals surface area contributed by atoms with Gasteiger partial charge < -0.3 is 19.1 Å². The van der Waals surface area contributed by atoms with Gasteiger partial charge in [0.15, 0.2) is 0 Å². The van der Waals surface area contributed by atoms with Gasteiger partial charge in [0.2, 0.25) is 0 Å². The normalized spacial score (nSPS) is 32.5. The molecule has 4 heteroatoms. The largest absolute Gasteiger partial charge is 0.501 e. The maximum Gasteiger partial charge on any atom is 0.120 e. The summed E-state index contributed by atoms with van der Waals surface area (Å²) in [6.45, 7) is 2.29. The Hall–Kier alpha value is -1.00. The standard InChI is InChI=1S/C15H25NO3/c1-16-7-5-6-11(10-16)15-13(18-3)8-12(17-2)9-14(15)19-4/h8-9,11,13,15H,5-7,10H2,1-4H3/t11?,13?,15-/m1/s1. The number of allylic oxidation sites excluding steroid dienone is 1. The van der Waals surface area contributed by atoms with Gasteiger partial charge in [-0.3, -0.25) is 0 Å². The molecular weight excluding hydrogens is 242 g/mol. The lowest BCUT2D eigenvalue weighted by atomic mass is 9.78. The molecule has 1 saturated heterocycles. The van der Waals surface area contributed by atoms with E-state index in [2.05, 4.69) is 18.0 Å². The number of methoxy groups -OCH3 is 3. The van der Waals surface area contributed by atoms with E-state index in [0.29, 0.717) is 5.92 Å². The van der Waals surface area contributed by atoms with Crippen molar-refractivity contribution in [2.45, 2.75) is 18.9 Å². The predicted octanol–water partition coefficient (Wildman–Crippen LogP) is 2.03. The summed E-state index contributed by atoms with van der Waals surface area (Å²) in [5.41, 5.74) is 0. The molecular formula is C15H25NO3. The van der Waals surface area contributed by atoms with Crippen LogP contribution in [0.15, 0.2) is 23.7 Å². The minimum Gasteiger partial charge on any atom is -0.501 e. The van der Waals surface area contributed by atoms with Crippen LogP contribution < -0.4 is 0 Å². The van der Waals surface area contributed by atoms with E-state index in [1.165, 1.54) is 19.4 Å². The first-order chi connectivity index (χ1) is 9.19. The molecule has 19 heavy (non-hydrogen) atoms. The molecule has 1 heterocycles. The van der Waals surface area contributed by atoms with Crippen LogP contribution in [0.4, 0.5) is 0 Å². The van der Waals surface area contributed by atoms with Crippen LogP contribution in [-0.4, -0.2) is 52.5 Å². The fourth-order valence-corrected chi connectivity index (χ4v) is 3.25. The molecule has 108 valence electrons. The van der Waals surface area contributed by atoms with Crippen LogP contribution in [-0.2, 0) is 14.2 Å². The Morgan fingerprint density at radius 2 is 2.00 bits per heavy atom. The average molecular weight is 267 g/mol. The molecule has 0 bridgehead atoms. The minimum absolute atomic E-state index is 0.0337.